The number of hydrogen-bond acceptors (Lipinski definition) is 5. The van der Waals surface area contributed by atoms with Gasteiger partial charge >= 0.3 is 12.1 Å². The Morgan fingerprint density at radius 3 is 2.69 bits per heavy atom. The number of ether oxygens (including phenoxy) is 3. The van der Waals surface area contributed by atoms with Crippen molar-refractivity contribution < 1.29 is 32.2 Å². The Bertz CT molecular complexity index is 858. The van der Waals surface area contributed by atoms with Crippen molar-refractivity contribution in [1.29, 1.82) is 0 Å². The summed E-state index contributed by atoms with van der Waals surface area (Å²) in [5.74, 6) is -0.763. The topological polar surface area (TPSA) is 62.6 Å². The van der Waals surface area contributed by atoms with E-state index in [9.17, 15) is 18.0 Å². The van der Waals surface area contributed by atoms with E-state index in [0.717, 1.165) is 0 Å². The van der Waals surface area contributed by atoms with Crippen LogP contribution in [0.4, 0.5) is 13.2 Å². The van der Waals surface area contributed by atoms with Crippen LogP contribution in [-0.2, 0) is 33.4 Å². The summed E-state index contributed by atoms with van der Waals surface area (Å²) in [5.41, 5.74) is -0.904. The van der Waals surface area contributed by atoms with Gasteiger partial charge in [0.2, 0.25) is 0 Å². The maximum absolute atomic E-state index is 14.0. The Hall–Kier alpha value is -2.39. The number of rotatable bonds is 6. The van der Waals surface area contributed by atoms with Gasteiger partial charge in [0.1, 0.15) is 6.10 Å². The second kappa shape index (κ2) is 8.96. The molecule has 0 bridgehead atoms. The van der Waals surface area contributed by atoms with Crippen molar-refractivity contribution in [2.24, 2.45) is 0 Å². The minimum atomic E-state index is -4.65. The van der Waals surface area contributed by atoms with Gasteiger partial charge in [-0.05, 0) is 31.0 Å². The SMILES string of the molecule is CCOC(=O)c1ccc(-c2ccn(C[C@H]3COCCO3)n2)c(C(F)(F)F)c1CC. The van der Waals surface area contributed by atoms with Crippen LogP contribution in [0.1, 0.15) is 35.3 Å². The molecule has 9 heteroatoms. The second-order valence-electron chi connectivity index (χ2n) is 6.58. The third-order valence-electron chi connectivity index (χ3n) is 4.64. The average Bonchev–Trinajstić information content (AvgIpc) is 3.15. The summed E-state index contributed by atoms with van der Waals surface area (Å²) in [7, 11) is 0. The van der Waals surface area contributed by atoms with Crippen LogP contribution in [0, 0.1) is 0 Å². The molecule has 0 spiro atoms. The highest BCUT2D eigenvalue weighted by Crippen LogP contribution is 2.40. The molecule has 1 saturated heterocycles. The van der Waals surface area contributed by atoms with Gasteiger partial charge in [-0.3, -0.25) is 4.68 Å². The molecule has 2 heterocycles. The van der Waals surface area contributed by atoms with Crippen molar-refractivity contribution >= 4 is 5.97 Å². The summed E-state index contributed by atoms with van der Waals surface area (Å²) in [6, 6.07) is 4.18. The van der Waals surface area contributed by atoms with E-state index in [1.54, 1.807) is 24.7 Å². The molecular weight excluding hydrogens is 389 g/mol. The molecule has 1 fully saturated rings. The number of nitrogens with zero attached hydrogens (tertiary/aromatic N) is 2. The van der Waals surface area contributed by atoms with Gasteiger partial charge in [0.25, 0.3) is 0 Å². The van der Waals surface area contributed by atoms with Crippen LogP contribution in [0.25, 0.3) is 11.3 Å². The van der Waals surface area contributed by atoms with Crippen LogP contribution < -0.4 is 0 Å². The van der Waals surface area contributed by atoms with E-state index >= 15 is 0 Å². The van der Waals surface area contributed by atoms with Gasteiger partial charge in [0, 0.05) is 11.8 Å². The molecule has 0 unspecified atom stereocenters. The van der Waals surface area contributed by atoms with Gasteiger partial charge in [-0.2, -0.15) is 18.3 Å². The van der Waals surface area contributed by atoms with E-state index in [4.69, 9.17) is 14.2 Å². The fourth-order valence-corrected chi connectivity index (χ4v) is 3.41. The fourth-order valence-electron chi connectivity index (χ4n) is 3.41. The molecule has 1 aromatic carbocycles. The highest BCUT2D eigenvalue weighted by molar-refractivity contribution is 5.93. The maximum atomic E-state index is 14.0. The normalized spacial score (nSPS) is 17.3. The van der Waals surface area contributed by atoms with Gasteiger partial charge in [-0.15, -0.1) is 0 Å². The maximum Gasteiger partial charge on any atom is 0.417 e. The van der Waals surface area contributed by atoms with Crippen LogP contribution in [0.3, 0.4) is 0 Å². The quantitative estimate of drug-likeness (QED) is 0.677. The Balaban J connectivity index is 1.99. The zero-order valence-corrected chi connectivity index (χ0v) is 16.3. The number of esters is 1. The van der Waals surface area contributed by atoms with Gasteiger partial charge in [0.15, 0.2) is 0 Å². The molecule has 2 aromatic rings. The minimum Gasteiger partial charge on any atom is -0.462 e. The van der Waals surface area contributed by atoms with Crippen LogP contribution >= 0.6 is 0 Å². The van der Waals surface area contributed by atoms with Crippen molar-refractivity contribution in [2.45, 2.75) is 39.1 Å². The first-order valence-corrected chi connectivity index (χ1v) is 9.48. The van der Waals surface area contributed by atoms with E-state index in [2.05, 4.69) is 5.10 Å². The molecule has 158 valence electrons. The highest BCUT2D eigenvalue weighted by Gasteiger charge is 2.38. The fraction of sp³-hybridized carbons (Fsp3) is 0.500. The summed E-state index contributed by atoms with van der Waals surface area (Å²) in [6.45, 7) is 5.07. The predicted octanol–water partition coefficient (Wildman–Crippen LogP) is 3.72. The number of halogens is 3. The van der Waals surface area contributed by atoms with Gasteiger partial charge in [-0.25, -0.2) is 4.79 Å². The first-order valence-electron chi connectivity index (χ1n) is 9.48. The zero-order chi connectivity index (χ0) is 21.0. The Labute approximate surface area is 166 Å². The number of aromatic nitrogens is 2. The van der Waals surface area contributed by atoms with Gasteiger partial charge in [-0.1, -0.05) is 13.0 Å². The first kappa shape index (κ1) is 21.3. The number of carbonyl (C=O) groups is 1. The summed E-state index contributed by atoms with van der Waals surface area (Å²) < 4.78 is 59.3. The Morgan fingerprint density at radius 2 is 2.07 bits per heavy atom. The molecule has 0 amide bonds. The molecule has 3 rings (SSSR count). The predicted molar refractivity (Wildman–Crippen MR) is 98.6 cm³/mol. The van der Waals surface area contributed by atoms with Crippen molar-refractivity contribution in [3.05, 3.63) is 41.1 Å². The van der Waals surface area contributed by atoms with E-state index in [1.165, 1.54) is 18.2 Å². The standard InChI is InChI=1S/C20H23F3N2O4/c1-3-14-15(19(26)28-4-2)5-6-16(18(14)20(21,22)23)17-7-8-25(24-17)11-13-12-27-9-10-29-13/h5-8,13H,3-4,9-12H2,1-2H3/t13-/m0/s1. The summed E-state index contributed by atoms with van der Waals surface area (Å²) in [4.78, 5) is 12.1. The first-order chi connectivity index (χ1) is 13.8. The summed E-state index contributed by atoms with van der Waals surface area (Å²) in [5, 5.41) is 4.30. The molecule has 1 aliphatic heterocycles. The van der Waals surface area contributed by atoms with Gasteiger partial charge < -0.3 is 14.2 Å². The molecular formula is C20H23F3N2O4. The summed E-state index contributed by atoms with van der Waals surface area (Å²) in [6.07, 6.45) is -3.20. The number of hydrogen-bond donors (Lipinski definition) is 0. The lowest BCUT2D eigenvalue weighted by atomic mass is 9.92. The monoisotopic (exact) mass is 412 g/mol. The Morgan fingerprint density at radius 1 is 1.28 bits per heavy atom. The van der Waals surface area contributed by atoms with Crippen molar-refractivity contribution in [1.82, 2.24) is 9.78 Å². The van der Waals surface area contributed by atoms with Gasteiger partial charge in [0.05, 0.1) is 49.8 Å². The summed E-state index contributed by atoms with van der Waals surface area (Å²) >= 11 is 0. The molecule has 0 aliphatic carbocycles. The van der Waals surface area contributed by atoms with Crippen LogP contribution in [0.5, 0.6) is 0 Å². The molecule has 0 N–H and O–H groups in total. The molecule has 1 atom stereocenters. The zero-order valence-electron chi connectivity index (χ0n) is 16.3. The van der Waals surface area contributed by atoms with E-state index in [0.29, 0.717) is 26.4 Å². The highest BCUT2D eigenvalue weighted by atomic mass is 19.4. The van der Waals surface area contributed by atoms with Crippen molar-refractivity contribution in [2.75, 3.05) is 26.4 Å². The lowest BCUT2D eigenvalue weighted by Crippen LogP contribution is -2.32. The number of benzene rings is 1. The second-order valence-corrected chi connectivity index (χ2v) is 6.58. The van der Waals surface area contributed by atoms with Crippen LogP contribution in [0.15, 0.2) is 24.4 Å². The van der Waals surface area contributed by atoms with Crippen LogP contribution in [0.2, 0.25) is 0 Å². The van der Waals surface area contributed by atoms with Crippen molar-refractivity contribution in [3.63, 3.8) is 0 Å². The van der Waals surface area contributed by atoms with E-state index < -0.39 is 17.7 Å². The molecule has 29 heavy (non-hydrogen) atoms. The van der Waals surface area contributed by atoms with Crippen LogP contribution in [-0.4, -0.2) is 48.3 Å². The molecule has 6 nitrogen and oxygen atoms in total. The number of carbonyl (C=O) groups excluding carboxylic acids is 1. The third kappa shape index (κ3) is 4.79. The average molecular weight is 412 g/mol. The molecule has 0 radical (unpaired) electrons. The number of alkyl halides is 3. The van der Waals surface area contributed by atoms with E-state index in [1.807, 2.05) is 0 Å². The molecule has 1 aliphatic rings. The smallest absolute Gasteiger partial charge is 0.417 e. The third-order valence-corrected chi connectivity index (χ3v) is 4.64. The van der Waals surface area contributed by atoms with E-state index in [-0.39, 0.29) is 41.5 Å². The minimum absolute atomic E-state index is 0.0325. The largest absolute Gasteiger partial charge is 0.462 e. The molecule has 0 saturated carbocycles. The lowest BCUT2D eigenvalue weighted by molar-refractivity contribution is -0.137. The Kier molecular flexibility index (Phi) is 6.59. The molecule has 1 aromatic heterocycles. The van der Waals surface area contributed by atoms with Crippen molar-refractivity contribution in [3.8, 4) is 11.3 Å². The lowest BCUT2D eigenvalue weighted by Gasteiger charge is -2.22.